The predicted octanol–water partition coefficient (Wildman–Crippen LogP) is 2.92. The molecule has 0 unspecified atom stereocenters. The van der Waals surface area contributed by atoms with E-state index >= 15 is 0 Å². The molecule has 5 nitrogen and oxygen atoms in total. The van der Waals surface area contributed by atoms with Gasteiger partial charge in [-0.3, -0.25) is 9.59 Å². The van der Waals surface area contributed by atoms with Crippen LogP contribution >= 0.6 is 0 Å². The van der Waals surface area contributed by atoms with Gasteiger partial charge in [0.05, 0.1) is 6.26 Å². The van der Waals surface area contributed by atoms with Crippen LogP contribution in [0.1, 0.15) is 55.5 Å². The molecule has 0 bridgehead atoms. The molecular weight excluding hydrogens is 292 g/mol. The van der Waals surface area contributed by atoms with Gasteiger partial charge in [0, 0.05) is 32.6 Å². The summed E-state index contributed by atoms with van der Waals surface area (Å²) < 4.78 is 5.16. The van der Waals surface area contributed by atoms with Crippen LogP contribution in [0, 0.1) is 5.92 Å². The van der Waals surface area contributed by atoms with Crippen LogP contribution < -0.4 is 0 Å². The zero-order chi connectivity index (χ0) is 16.1. The van der Waals surface area contributed by atoms with Crippen molar-refractivity contribution in [2.75, 3.05) is 26.2 Å². The molecule has 0 aromatic carbocycles. The van der Waals surface area contributed by atoms with Gasteiger partial charge < -0.3 is 14.2 Å². The minimum Gasteiger partial charge on any atom is -0.459 e. The summed E-state index contributed by atoms with van der Waals surface area (Å²) in [5, 5.41) is 0. The molecule has 0 spiro atoms. The summed E-state index contributed by atoms with van der Waals surface area (Å²) in [6, 6.07) is 3.41. The first-order valence-electron chi connectivity index (χ1n) is 8.84. The maximum atomic E-state index is 12.3. The Morgan fingerprint density at radius 3 is 2.39 bits per heavy atom. The second kappa shape index (κ2) is 7.66. The molecular formula is C18H26N2O3. The molecule has 0 radical (unpaired) electrons. The van der Waals surface area contributed by atoms with Crippen molar-refractivity contribution < 1.29 is 14.0 Å². The maximum Gasteiger partial charge on any atom is 0.289 e. The van der Waals surface area contributed by atoms with Crippen LogP contribution in [0.25, 0.3) is 0 Å². The van der Waals surface area contributed by atoms with E-state index in [4.69, 9.17) is 4.42 Å². The highest BCUT2D eigenvalue weighted by atomic mass is 16.3. The second-order valence-corrected chi connectivity index (χ2v) is 6.69. The minimum atomic E-state index is -0.0793. The molecule has 1 saturated heterocycles. The highest BCUT2D eigenvalue weighted by Gasteiger charge is 2.26. The number of hydrogen-bond acceptors (Lipinski definition) is 3. The third kappa shape index (κ3) is 4.15. The summed E-state index contributed by atoms with van der Waals surface area (Å²) in [5.74, 6) is 1.29. The van der Waals surface area contributed by atoms with Crippen molar-refractivity contribution >= 4 is 11.8 Å². The molecule has 2 heterocycles. The van der Waals surface area contributed by atoms with Crippen LogP contribution in [0.15, 0.2) is 22.8 Å². The van der Waals surface area contributed by atoms with Gasteiger partial charge in [0.25, 0.3) is 5.91 Å². The van der Waals surface area contributed by atoms with Crippen LogP contribution in [0.5, 0.6) is 0 Å². The Kier molecular flexibility index (Phi) is 5.36. The van der Waals surface area contributed by atoms with Gasteiger partial charge in [-0.1, -0.05) is 32.1 Å². The van der Waals surface area contributed by atoms with Gasteiger partial charge in [-0.05, 0) is 24.5 Å². The van der Waals surface area contributed by atoms with Crippen LogP contribution in [0.4, 0.5) is 0 Å². The van der Waals surface area contributed by atoms with E-state index in [0.717, 1.165) is 12.3 Å². The number of hydrogen-bond donors (Lipinski definition) is 0. The fourth-order valence-corrected chi connectivity index (χ4v) is 3.68. The molecule has 0 N–H and O–H groups in total. The summed E-state index contributed by atoms with van der Waals surface area (Å²) in [5.41, 5.74) is 0. The highest BCUT2D eigenvalue weighted by molar-refractivity contribution is 5.91. The molecule has 2 fully saturated rings. The number of furan rings is 1. The first-order valence-corrected chi connectivity index (χ1v) is 8.84. The van der Waals surface area contributed by atoms with Crippen LogP contribution in [-0.4, -0.2) is 47.8 Å². The van der Waals surface area contributed by atoms with E-state index in [-0.39, 0.29) is 11.8 Å². The molecule has 1 aliphatic carbocycles. The van der Waals surface area contributed by atoms with E-state index in [1.165, 1.54) is 38.4 Å². The summed E-state index contributed by atoms with van der Waals surface area (Å²) >= 11 is 0. The quantitative estimate of drug-likeness (QED) is 0.857. The molecule has 0 atom stereocenters. The van der Waals surface area contributed by atoms with Crippen LogP contribution in [-0.2, 0) is 4.79 Å². The predicted molar refractivity (Wildman–Crippen MR) is 87.0 cm³/mol. The summed E-state index contributed by atoms with van der Waals surface area (Å²) in [6.45, 7) is 2.45. The Bertz CT molecular complexity index is 512. The normalized spacial score (nSPS) is 19.8. The molecule has 2 amide bonds. The van der Waals surface area contributed by atoms with Crippen LogP contribution in [0.2, 0.25) is 0 Å². The Hall–Kier alpha value is -1.78. The first kappa shape index (κ1) is 16.1. The lowest BCUT2D eigenvalue weighted by Gasteiger charge is -2.34. The molecule has 5 heteroatoms. The Balaban J connectivity index is 1.41. The molecule has 1 saturated carbocycles. The lowest BCUT2D eigenvalue weighted by atomic mass is 9.86. The van der Waals surface area contributed by atoms with Crippen molar-refractivity contribution in [1.82, 2.24) is 9.80 Å². The molecule has 1 aromatic heterocycles. The smallest absolute Gasteiger partial charge is 0.289 e. The monoisotopic (exact) mass is 318 g/mol. The van der Waals surface area contributed by atoms with E-state index in [9.17, 15) is 9.59 Å². The lowest BCUT2D eigenvalue weighted by Crippen LogP contribution is -2.50. The minimum absolute atomic E-state index is 0.0793. The van der Waals surface area contributed by atoms with E-state index in [1.54, 1.807) is 17.0 Å². The summed E-state index contributed by atoms with van der Waals surface area (Å²) in [4.78, 5) is 28.2. The molecule has 2 aliphatic rings. The zero-order valence-electron chi connectivity index (χ0n) is 13.7. The number of nitrogens with zero attached hydrogens (tertiary/aromatic N) is 2. The van der Waals surface area contributed by atoms with Gasteiger partial charge in [0.15, 0.2) is 5.76 Å². The highest BCUT2D eigenvalue weighted by Crippen LogP contribution is 2.27. The Morgan fingerprint density at radius 1 is 1.04 bits per heavy atom. The molecule has 1 aromatic rings. The van der Waals surface area contributed by atoms with Crippen molar-refractivity contribution in [3.8, 4) is 0 Å². The topological polar surface area (TPSA) is 53.8 Å². The number of rotatable bonds is 4. The van der Waals surface area contributed by atoms with Crippen LogP contribution in [0.3, 0.4) is 0 Å². The second-order valence-electron chi connectivity index (χ2n) is 6.69. The zero-order valence-corrected chi connectivity index (χ0v) is 13.7. The van der Waals surface area contributed by atoms with Gasteiger partial charge in [0.2, 0.25) is 5.91 Å². The number of carbonyl (C=O) groups is 2. The molecule has 1 aliphatic heterocycles. The van der Waals surface area contributed by atoms with Gasteiger partial charge >= 0.3 is 0 Å². The van der Waals surface area contributed by atoms with E-state index < -0.39 is 0 Å². The number of amides is 2. The Labute approximate surface area is 137 Å². The van der Waals surface area contributed by atoms with Gasteiger partial charge in [-0.2, -0.15) is 0 Å². The number of carbonyl (C=O) groups excluding carboxylic acids is 2. The van der Waals surface area contributed by atoms with Crippen molar-refractivity contribution in [2.24, 2.45) is 5.92 Å². The lowest BCUT2D eigenvalue weighted by molar-refractivity contribution is -0.133. The van der Waals surface area contributed by atoms with Gasteiger partial charge in [0.1, 0.15) is 0 Å². The maximum absolute atomic E-state index is 12.3. The average Bonchev–Trinajstić information content (AvgIpc) is 3.15. The SMILES string of the molecule is O=C(CCC1CCCCC1)N1CCN(C(=O)c2ccco2)CC1. The average molecular weight is 318 g/mol. The fraction of sp³-hybridized carbons (Fsp3) is 0.667. The Morgan fingerprint density at radius 2 is 1.74 bits per heavy atom. The standard InChI is InChI=1S/C18H26N2O3/c21-17(9-8-15-5-2-1-3-6-15)19-10-12-20(13-11-19)18(22)16-7-4-14-23-16/h4,7,14-15H,1-3,5-6,8-13H2. The largest absolute Gasteiger partial charge is 0.459 e. The third-order valence-corrected chi connectivity index (χ3v) is 5.14. The molecule has 3 rings (SSSR count). The van der Waals surface area contributed by atoms with Crippen molar-refractivity contribution in [1.29, 1.82) is 0 Å². The fourth-order valence-electron chi connectivity index (χ4n) is 3.68. The van der Waals surface area contributed by atoms with Gasteiger partial charge in [-0.15, -0.1) is 0 Å². The van der Waals surface area contributed by atoms with E-state index in [2.05, 4.69) is 0 Å². The summed E-state index contributed by atoms with van der Waals surface area (Å²) in [7, 11) is 0. The van der Waals surface area contributed by atoms with Crippen molar-refractivity contribution in [3.05, 3.63) is 24.2 Å². The number of piperazine rings is 1. The molecule has 23 heavy (non-hydrogen) atoms. The van der Waals surface area contributed by atoms with E-state index in [0.29, 0.717) is 38.4 Å². The molecule has 126 valence electrons. The third-order valence-electron chi connectivity index (χ3n) is 5.14. The first-order chi connectivity index (χ1) is 11.2. The summed E-state index contributed by atoms with van der Waals surface area (Å²) in [6.07, 6.45) is 9.80. The van der Waals surface area contributed by atoms with Gasteiger partial charge in [-0.25, -0.2) is 0 Å². The van der Waals surface area contributed by atoms with E-state index in [1.807, 2.05) is 4.90 Å². The van der Waals surface area contributed by atoms with Crippen molar-refractivity contribution in [3.63, 3.8) is 0 Å². The van der Waals surface area contributed by atoms with Crippen molar-refractivity contribution in [2.45, 2.75) is 44.9 Å².